The quantitative estimate of drug-likeness (QED) is 0.175. The fraction of sp³-hybridized carbons (Fsp3) is 0.636. The minimum absolute atomic E-state index is 0.289. The summed E-state index contributed by atoms with van der Waals surface area (Å²) < 4.78 is 5.93. The average molecular weight is 384 g/mol. The number of nitrogens with two attached hydrogens (primary N) is 1. The normalized spacial score (nSPS) is 20.9. The number of aromatic nitrogens is 2. The lowest BCUT2D eigenvalue weighted by Gasteiger charge is -2.39. The molecule has 0 radical (unpaired) electrons. The zero-order valence-corrected chi connectivity index (χ0v) is 14.4. The van der Waals surface area contributed by atoms with Crippen LogP contribution in [-0.2, 0) is 20.9 Å². The van der Waals surface area contributed by atoms with Crippen molar-refractivity contribution in [3.63, 3.8) is 0 Å². The molecule has 2 atom stereocenters. The predicted octanol–water partition coefficient (Wildman–Crippen LogP) is -1.03. The van der Waals surface area contributed by atoms with Gasteiger partial charge in [0.1, 0.15) is 6.54 Å². The van der Waals surface area contributed by atoms with Crippen LogP contribution in [0.4, 0.5) is 0 Å². The lowest BCUT2D eigenvalue weighted by Crippen LogP contribution is -2.50. The maximum atomic E-state index is 11.8. The predicted molar refractivity (Wildman–Crippen MR) is 82.7 cm³/mol. The average Bonchev–Trinajstić information content (AvgIpc) is 2.96. The van der Waals surface area contributed by atoms with E-state index >= 15 is 0 Å². The first-order valence-corrected chi connectivity index (χ1v) is 9.84. The van der Waals surface area contributed by atoms with E-state index in [1.807, 2.05) is 0 Å². The van der Waals surface area contributed by atoms with Crippen molar-refractivity contribution in [2.75, 3.05) is 6.54 Å². The van der Waals surface area contributed by atoms with Crippen molar-refractivity contribution < 1.29 is 39.0 Å². The van der Waals surface area contributed by atoms with Gasteiger partial charge in [0.05, 0.1) is 12.9 Å². The number of carbonyl (C=O) groups is 1. The fourth-order valence-electron chi connectivity index (χ4n) is 2.15. The summed E-state index contributed by atoms with van der Waals surface area (Å²) in [5.41, 5.74) is 3.98. The van der Waals surface area contributed by atoms with Gasteiger partial charge in [-0.3, -0.25) is 4.79 Å². The number of aliphatic hydroxyl groups is 1. The Morgan fingerprint density at radius 1 is 1.46 bits per heavy atom. The second-order valence-electron chi connectivity index (χ2n) is 5.48. The van der Waals surface area contributed by atoms with E-state index in [0.29, 0.717) is 19.3 Å². The van der Waals surface area contributed by atoms with Crippen LogP contribution >= 0.6 is 16.3 Å². The van der Waals surface area contributed by atoms with Gasteiger partial charge >= 0.3 is 13.0 Å². The summed E-state index contributed by atoms with van der Waals surface area (Å²) in [5.74, 6) is -0.437. The highest BCUT2D eigenvalue weighted by Crippen LogP contribution is 2.71. The monoisotopic (exact) mass is 384 g/mol. The molecule has 1 aromatic rings. The number of imidazole rings is 1. The molecule has 1 aliphatic carbocycles. The van der Waals surface area contributed by atoms with Crippen molar-refractivity contribution in [2.45, 2.75) is 36.5 Å². The van der Waals surface area contributed by atoms with Crippen molar-refractivity contribution in [3.8, 4) is 0 Å². The summed E-state index contributed by atoms with van der Waals surface area (Å²) in [6.07, 6.45) is 5.29. The SMILES string of the molecule is NCC(=O)C1(OO[P@@](O)C(O)(Cn2ccnc2)[P+](O)(O)O)CCC1. The molecule has 0 bridgehead atoms. The van der Waals surface area contributed by atoms with Gasteiger partial charge in [-0.2, -0.15) is 19.4 Å². The topological polar surface area (TPSA) is 181 Å². The summed E-state index contributed by atoms with van der Waals surface area (Å²) in [4.78, 5) is 59.2. The third kappa shape index (κ3) is 3.81. The molecule has 1 saturated carbocycles. The van der Waals surface area contributed by atoms with E-state index in [-0.39, 0.29) is 6.54 Å². The summed E-state index contributed by atoms with van der Waals surface area (Å²) >= 11 is 0. The van der Waals surface area contributed by atoms with Crippen molar-refractivity contribution in [2.24, 2.45) is 5.73 Å². The highest BCUT2D eigenvalue weighted by molar-refractivity contribution is 7.73. The third-order valence-electron chi connectivity index (χ3n) is 3.86. The largest absolute Gasteiger partial charge is 0.449 e. The maximum absolute atomic E-state index is 11.8. The number of carbonyl (C=O) groups excluding carboxylic acids is 1. The van der Waals surface area contributed by atoms with Crippen LogP contribution in [0.1, 0.15) is 19.3 Å². The van der Waals surface area contributed by atoms with Gasteiger partial charge in [-0.1, -0.05) is 0 Å². The molecule has 24 heavy (non-hydrogen) atoms. The van der Waals surface area contributed by atoms with Crippen molar-refractivity contribution in [1.29, 1.82) is 0 Å². The maximum Gasteiger partial charge on any atom is 0.449 e. The van der Waals surface area contributed by atoms with Crippen LogP contribution in [0.25, 0.3) is 0 Å². The van der Waals surface area contributed by atoms with E-state index in [4.69, 9.17) is 15.3 Å². The Labute approximate surface area is 139 Å². The molecule has 13 heteroatoms. The lowest BCUT2D eigenvalue weighted by atomic mass is 9.77. The molecule has 0 amide bonds. The number of hydrogen-bond acceptors (Lipinski definition) is 10. The molecule has 0 spiro atoms. The first-order chi connectivity index (χ1) is 11.1. The zero-order valence-electron chi connectivity index (χ0n) is 12.6. The van der Waals surface area contributed by atoms with Gasteiger partial charge < -0.3 is 20.3 Å². The first-order valence-electron chi connectivity index (χ1n) is 6.98. The van der Waals surface area contributed by atoms with Crippen LogP contribution in [0.5, 0.6) is 0 Å². The Hall–Kier alpha value is -0.580. The molecule has 11 nitrogen and oxygen atoms in total. The Kier molecular flexibility index (Phi) is 6.04. The second-order valence-corrected chi connectivity index (χ2v) is 9.15. The third-order valence-corrected chi connectivity index (χ3v) is 7.25. The van der Waals surface area contributed by atoms with Gasteiger partial charge in [-0.25, -0.2) is 9.87 Å². The number of hydrogen-bond donors (Lipinski definition) is 6. The number of ketones is 1. The van der Waals surface area contributed by atoms with Crippen molar-refractivity contribution in [1.82, 2.24) is 9.55 Å². The van der Waals surface area contributed by atoms with Gasteiger partial charge in [-0.15, -0.1) is 0 Å². The molecule has 1 aliphatic rings. The van der Waals surface area contributed by atoms with Crippen LogP contribution in [-0.4, -0.2) is 57.2 Å². The standard InChI is InChI=1S/C11H20N3O8P2/c12-6-9(15)10(2-1-3-10)21-22-23(17)11(16,24(18,19)20)7-14-5-4-13-8-14/h4-5,8,16-20H,1-3,6-7,12H2/q+1/t11?,23-/m1/s1. The highest BCUT2D eigenvalue weighted by Gasteiger charge is 2.66. The summed E-state index contributed by atoms with van der Waals surface area (Å²) in [7, 11) is -8.06. The van der Waals surface area contributed by atoms with Gasteiger partial charge in [0.2, 0.25) is 0 Å². The molecule has 0 saturated heterocycles. The van der Waals surface area contributed by atoms with Crippen molar-refractivity contribution >= 4 is 22.1 Å². The molecule has 2 rings (SSSR count). The van der Waals surface area contributed by atoms with Crippen LogP contribution < -0.4 is 5.73 Å². The van der Waals surface area contributed by atoms with Gasteiger partial charge in [0.25, 0.3) is 8.38 Å². The molecule has 0 aliphatic heterocycles. The van der Waals surface area contributed by atoms with E-state index < -0.39 is 39.3 Å². The fourth-order valence-corrected chi connectivity index (χ4v) is 4.14. The Morgan fingerprint density at radius 2 is 2.12 bits per heavy atom. The van der Waals surface area contributed by atoms with E-state index in [1.165, 1.54) is 23.3 Å². The Balaban J connectivity index is 2.11. The Bertz CT molecular complexity index is 562. The molecule has 1 aromatic heterocycles. The van der Waals surface area contributed by atoms with E-state index in [0.717, 1.165) is 0 Å². The highest BCUT2D eigenvalue weighted by atomic mass is 31.3. The van der Waals surface area contributed by atoms with E-state index in [9.17, 15) is 29.5 Å². The first kappa shape index (κ1) is 19.7. The van der Waals surface area contributed by atoms with Gasteiger partial charge in [0.15, 0.2) is 11.4 Å². The van der Waals surface area contributed by atoms with E-state index in [2.05, 4.69) is 4.98 Å². The minimum atomic E-state index is -4.97. The lowest BCUT2D eigenvalue weighted by molar-refractivity contribution is -0.303. The summed E-state index contributed by atoms with van der Waals surface area (Å²) in [6.45, 7) is -0.906. The molecule has 136 valence electrons. The summed E-state index contributed by atoms with van der Waals surface area (Å²) in [5, 5.41) is 7.57. The molecule has 0 aromatic carbocycles. The van der Waals surface area contributed by atoms with Crippen LogP contribution in [0.2, 0.25) is 0 Å². The van der Waals surface area contributed by atoms with Crippen molar-refractivity contribution in [3.05, 3.63) is 18.7 Å². The second kappa shape index (κ2) is 7.35. The van der Waals surface area contributed by atoms with Crippen LogP contribution in [0.15, 0.2) is 18.7 Å². The van der Waals surface area contributed by atoms with Gasteiger partial charge in [0, 0.05) is 12.4 Å². The zero-order chi connectivity index (χ0) is 18.0. The number of nitrogens with zero attached hydrogens (tertiary/aromatic N) is 2. The van der Waals surface area contributed by atoms with Crippen LogP contribution in [0, 0.1) is 0 Å². The van der Waals surface area contributed by atoms with Gasteiger partial charge in [-0.05, 0) is 19.3 Å². The summed E-state index contributed by atoms with van der Waals surface area (Å²) in [6, 6.07) is 0. The minimum Gasteiger partial charge on any atom is -0.343 e. The van der Waals surface area contributed by atoms with E-state index in [1.54, 1.807) is 0 Å². The smallest absolute Gasteiger partial charge is 0.343 e. The number of rotatable bonds is 9. The molecule has 1 heterocycles. The molecular formula is C11H20N3O8P2+. The Morgan fingerprint density at radius 3 is 2.54 bits per heavy atom. The number of Topliss-reactive ketones (excluding diaryl/α,β-unsaturated/α-hetero) is 1. The van der Waals surface area contributed by atoms with Crippen LogP contribution in [0.3, 0.4) is 0 Å². The molecule has 1 unspecified atom stereocenters. The molecule has 1 fully saturated rings. The molecule has 7 N–H and O–H groups in total. The molecular weight excluding hydrogens is 364 g/mol.